The molecule has 0 aromatic carbocycles. The zero-order chi connectivity index (χ0) is 13.6. The van der Waals surface area contributed by atoms with Gasteiger partial charge in [0.25, 0.3) is 0 Å². The van der Waals surface area contributed by atoms with Crippen molar-refractivity contribution in [3.8, 4) is 0 Å². The highest BCUT2D eigenvalue weighted by atomic mass is 32.2. The second-order valence-electron chi connectivity index (χ2n) is 5.80. The first kappa shape index (κ1) is 16.0. The lowest BCUT2D eigenvalue weighted by Gasteiger charge is -2.24. The van der Waals surface area contributed by atoms with Crippen molar-refractivity contribution >= 4 is 9.84 Å². The fourth-order valence-electron chi connectivity index (χ4n) is 2.88. The molecule has 3 nitrogen and oxygen atoms in total. The molecule has 1 rings (SSSR count). The summed E-state index contributed by atoms with van der Waals surface area (Å²) in [7, 11) is -2.91. The third-order valence-corrected chi connectivity index (χ3v) is 6.05. The Kier molecular flexibility index (Phi) is 6.64. The normalized spacial score (nSPS) is 21.1. The predicted molar refractivity (Wildman–Crippen MR) is 77.5 cm³/mol. The SMILES string of the molecule is CCNC(CS(=O)(=O)CC(C)CC)C1CCCC1. The third-order valence-electron chi connectivity index (χ3n) is 4.10. The molecule has 0 spiro atoms. The monoisotopic (exact) mass is 275 g/mol. The molecule has 0 aliphatic heterocycles. The molecule has 0 heterocycles. The van der Waals surface area contributed by atoms with E-state index in [1.807, 2.05) is 6.92 Å². The molecule has 0 radical (unpaired) electrons. The number of nitrogens with one attached hydrogen (secondary N) is 1. The summed E-state index contributed by atoms with van der Waals surface area (Å²) < 4.78 is 24.4. The predicted octanol–water partition coefficient (Wildman–Crippen LogP) is 2.62. The number of hydrogen-bond donors (Lipinski definition) is 1. The summed E-state index contributed by atoms with van der Waals surface area (Å²) in [4.78, 5) is 0. The summed E-state index contributed by atoms with van der Waals surface area (Å²) in [5.74, 6) is 1.52. The van der Waals surface area contributed by atoms with E-state index in [1.165, 1.54) is 25.7 Å². The minimum absolute atomic E-state index is 0.173. The van der Waals surface area contributed by atoms with E-state index in [0.29, 0.717) is 17.4 Å². The Hall–Kier alpha value is -0.0900. The van der Waals surface area contributed by atoms with Gasteiger partial charge < -0.3 is 5.32 Å². The van der Waals surface area contributed by atoms with Gasteiger partial charge in [-0.05, 0) is 31.2 Å². The van der Waals surface area contributed by atoms with Crippen molar-refractivity contribution in [1.82, 2.24) is 5.32 Å². The van der Waals surface area contributed by atoms with Crippen LogP contribution in [0.25, 0.3) is 0 Å². The standard InChI is InChI=1S/C14H29NO2S/c1-4-12(3)10-18(16,17)11-14(15-5-2)13-8-6-7-9-13/h12-15H,4-11H2,1-3H3. The lowest BCUT2D eigenvalue weighted by molar-refractivity contribution is 0.388. The summed E-state index contributed by atoms with van der Waals surface area (Å²) in [6.45, 7) is 7.00. The van der Waals surface area contributed by atoms with E-state index >= 15 is 0 Å². The molecule has 1 aliphatic rings. The highest BCUT2D eigenvalue weighted by Gasteiger charge is 2.29. The Bertz CT molecular complexity index is 321. The van der Waals surface area contributed by atoms with E-state index in [9.17, 15) is 8.42 Å². The Morgan fingerprint density at radius 1 is 1.17 bits per heavy atom. The Morgan fingerprint density at radius 3 is 2.28 bits per heavy atom. The second-order valence-corrected chi connectivity index (χ2v) is 7.95. The molecule has 0 amide bonds. The minimum atomic E-state index is -2.91. The fraction of sp³-hybridized carbons (Fsp3) is 1.00. The van der Waals surface area contributed by atoms with Crippen LogP contribution >= 0.6 is 0 Å². The largest absolute Gasteiger partial charge is 0.313 e. The Labute approximate surface area is 113 Å². The summed E-state index contributed by atoms with van der Waals surface area (Å²) in [5.41, 5.74) is 0. The van der Waals surface area contributed by atoms with Crippen LogP contribution in [-0.2, 0) is 9.84 Å². The van der Waals surface area contributed by atoms with Crippen LogP contribution in [0.5, 0.6) is 0 Å². The molecule has 4 heteroatoms. The Balaban J connectivity index is 2.58. The number of rotatable bonds is 8. The first-order valence-corrected chi connectivity index (χ1v) is 9.24. The van der Waals surface area contributed by atoms with Crippen molar-refractivity contribution in [3.63, 3.8) is 0 Å². The first-order valence-electron chi connectivity index (χ1n) is 7.42. The molecule has 2 atom stereocenters. The van der Waals surface area contributed by atoms with Gasteiger partial charge in [0, 0.05) is 6.04 Å². The highest BCUT2D eigenvalue weighted by Crippen LogP contribution is 2.28. The van der Waals surface area contributed by atoms with Crippen molar-refractivity contribution in [2.75, 3.05) is 18.1 Å². The van der Waals surface area contributed by atoms with E-state index in [2.05, 4.69) is 19.2 Å². The molecule has 1 fully saturated rings. The molecule has 0 aromatic rings. The molecule has 0 bridgehead atoms. The van der Waals surface area contributed by atoms with Gasteiger partial charge in [0.2, 0.25) is 0 Å². The van der Waals surface area contributed by atoms with E-state index in [0.717, 1.165) is 13.0 Å². The zero-order valence-corrected chi connectivity index (χ0v) is 12.9. The molecule has 18 heavy (non-hydrogen) atoms. The smallest absolute Gasteiger partial charge is 0.152 e. The lowest BCUT2D eigenvalue weighted by atomic mass is 10.00. The van der Waals surface area contributed by atoms with Crippen LogP contribution in [0, 0.1) is 11.8 Å². The van der Waals surface area contributed by atoms with Crippen molar-refractivity contribution in [3.05, 3.63) is 0 Å². The van der Waals surface area contributed by atoms with Gasteiger partial charge in [-0.2, -0.15) is 0 Å². The van der Waals surface area contributed by atoms with Gasteiger partial charge in [0.05, 0.1) is 11.5 Å². The molecule has 2 unspecified atom stereocenters. The molecule has 1 N–H and O–H groups in total. The number of hydrogen-bond acceptors (Lipinski definition) is 3. The zero-order valence-electron chi connectivity index (χ0n) is 12.1. The molecule has 0 saturated heterocycles. The van der Waals surface area contributed by atoms with Gasteiger partial charge in [-0.1, -0.05) is 40.0 Å². The maximum atomic E-state index is 12.2. The topological polar surface area (TPSA) is 46.2 Å². The average Bonchev–Trinajstić information content (AvgIpc) is 2.80. The van der Waals surface area contributed by atoms with Crippen molar-refractivity contribution in [2.24, 2.45) is 11.8 Å². The molecule has 1 saturated carbocycles. The van der Waals surface area contributed by atoms with Crippen LogP contribution in [0.2, 0.25) is 0 Å². The molecule has 0 aromatic heterocycles. The van der Waals surface area contributed by atoms with Gasteiger partial charge in [-0.25, -0.2) is 8.42 Å². The minimum Gasteiger partial charge on any atom is -0.313 e. The fourth-order valence-corrected chi connectivity index (χ4v) is 5.05. The van der Waals surface area contributed by atoms with Crippen molar-refractivity contribution in [2.45, 2.75) is 58.9 Å². The van der Waals surface area contributed by atoms with Gasteiger partial charge in [-0.15, -0.1) is 0 Å². The summed E-state index contributed by atoms with van der Waals surface area (Å²) in [6.07, 6.45) is 5.84. The molecule has 108 valence electrons. The average molecular weight is 275 g/mol. The summed E-state index contributed by atoms with van der Waals surface area (Å²) in [6, 6.07) is 0.173. The lowest BCUT2D eigenvalue weighted by Crippen LogP contribution is -2.41. The van der Waals surface area contributed by atoms with E-state index in [1.54, 1.807) is 0 Å². The molecular weight excluding hydrogens is 246 g/mol. The maximum absolute atomic E-state index is 12.2. The molecule has 1 aliphatic carbocycles. The Morgan fingerprint density at radius 2 is 1.78 bits per heavy atom. The van der Waals surface area contributed by atoms with Crippen LogP contribution < -0.4 is 5.32 Å². The maximum Gasteiger partial charge on any atom is 0.152 e. The van der Waals surface area contributed by atoms with Crippen molar-refractivity contribution < 1.29 is 8.42 Å². The highest BCUT2D eigenvalue weighted by molar-refractivity contribution is 7.91. The summed E-state index contributed by atoms with van der Waals surface area (Å²) in [5, 5.41) is 3.39. The van der Waals surface area contributed by atoms with E-state index in [-0.39, 0.29) is 12.0 Å². The summed E-state index contributed by atoms with van der Waals surface area (Å²) >= 11 is 0. The van der Waals surface area contributed by atoms with Gasteiger partial charge in [0.1, 0.15) is 0 Å². The van der Waals surface area contributed by atoms with Crippen LogP contribution in [-0.4, -0.2) is 32.5 Å². The van der Waals surface area contributed by atoms with Gasteiger partial charge >= 0.3 is 0 Å². The van der Waals surface area contributed by atoms with Gasteiger partial charge in [0.15, 0.2) is 9.84 Å². The van der Waals surface area contributed by atoms with Crippen LogP contribution in [0.3, 0.4) is 0 Å². The van der Waals surface area contributed by atoms with Crippen molar-refractivity contribution in [1.29, 1.82) is 0 Å². The van der Waals surface area contributed by atoms with Crippen LogP contribution in [0.1, 0.15) is 52.9 Å². The number of sulfone groups is 1. The second kappa shape index (κ2) is 7.49. The van der Waals surface area contributed by atoms with Crippen LogP contribution in [0.15, 0.2) is 0 Å². The van der Waals surface area contributed by atoms with E-state index in [4.69, 9.17) is 0 Å². The van der Waals surface area contributed by atoms with Crippen LogP contribution in [0.4, 0.5) is 0 Å². The quantitative estimate of drug-likeness (QED) is 0.740. The van der Waals surface area contributed by atoms with E-state index < -0.39 is 9.84 Å². The van der Waals surface area contributed by atoms with Gasteiger partial charge in [-0.3, -0.25) is 0 Å². The third kappa shape index (κ3) is 5.27. The molecular formula is C14H29NO2S. The first-order chi connectivity index (χ1) is 8.48.